The van der Waals surface area contributed by atoms with Crippen molar-refractivity contribution in [2.75, 3.05) is 31.3 Å². The molecule has 3 aliphatic rings. The molecule has 1 N–H and O–H groups in total. The maximum absolute atomic E-state index is 13.7. The van der Waals surface area contributed by atoms with Gasteiger partial charge in [-0.05, 0) is 71.0 Å². The van der Waals surface area contributed by atoms with E-state index >= 15 is 0 Å². The lowest BCUT2D eigenvalue weighted by molar-refractivity contribution is 0.121. The lowest BCUT2D eigenvalue weighted by atomic mass is 9.80. The summed E-state index contributed by atoms with van der Waals surface area (Å²) in [6, 6.07) is 15.5. The highest BCUT2D eigenvalue weighted by Crippen LogP contribution is 2.43. The predicted molar refractivity (Wildman–Crippen MR) is 148 cm³/mol. The van der Waals surface area contributed by atoms with Gasteiger partial charge in [-0.2, -0.15) is 9.57 Å². The average Bonchev–Trinajstić information content (AvgIpc) is 3.34. The molecule has 204 valence electrons. The van der Waals surface area contributed by atoms with E-state index < -0.39 is 10.0 Å². The number of halogens is 1. The van der Waals surface area contributed by atoms with E-state index in [1.54, 1.807) is 28.6 Å². The summed E-state index contributed by atoms with van der Waals surface area (Å²) < 4.78 is 48.3. The van der Waals surface area contributed by atoms with Gasteiger partial charge in [-0.1, -0.05) is 32.9 Å². The Kier molecular flexibility index (Phi) is 7.38. The minimum Gasteiger partial charge on any atom is -0.379 e. The zero-order chi connectivity index (χ0) is 27.8. The van der Waals surface area contributed by atoms with Crippen molar-refractivity contribution in [1.29, 1.82) is 5.26 Å². The first-order valence-electron chi connectivity index (χ1n) is 13.1. The van der Waals surface area contributed by atoms with E-state index in [0.717, 1.165) is 33.7 Å². The maximum atomic E-state index is 13.7. The zero-order valence-corrected chi connectivity index (χ0v) is 23.3. The van der Waals surface area contributed by atoms with E-state index in [2.05, 4.69) is 38.3 Å². The first-order chi connectivity index (χ1) is 18.6. The average molecular weight is 549 g/mol. The van der Waals surface area contributed by atoms with Crippen LogP contribution in [0.4, 0.5) is 10.1 Å². The van der Waals surface area contributed by atoms with Crippen molar-refractivity contribution in [1.82, 2.24) is 9.73 Å². The molecule has 0 radical (unpaired) electrons. The summed E-state index contributed by atoms with van der Waals surface area (Å²) in [6.45, 7) is 7.57. The number of hydrogen-bond acceptors (Lipinski definition) is 6. The number of benzene rings is 2. The molecule has 2 aliphatic heterocycles. The number of allylic oxidation sites excluding steroid dienone is 2. The molecule has 5 rings (SSSR count). The molecule has 0 bridgehead atoms. The second-order valence-electron chi connectivity index (χ2n) is 11.0. The number of ether oxygens (including phenoxy) is 1. The minimum atomic E-state index is -3.69. The number of hydrogen-bond donors (Lipinski definition) is 1. The van der Waals surface area contributed by atoms with Crippen LogP contribution in [0.25, 0.3) is 0 Å². The Morgan fingerprint density at radius 1 is 1.13 bits per heavy atom. The van der Waals surface area contributed by atoms with Gasteiger partial charge in [-0.3, -0.25) is 5.01 Å². The van der Waals surface area contributed by atoms with Gasteiger partial charge in [-0.15, -0.1) is 0 Å². The third-order valence-corrected chi connectivity index (χ3v) is 9.33. The third kappa shape index (κ3) is 5.37. The summed E-state index contributed by atoms with van der Waals surface area (Å²) in [5.74, 6) is -0.489. The molecule has 7 nitrogen and oxygen atoms in total. The zero-order valence-electron chi connectivity index (χ0n) is 22.4. The SMILES string of the molecule is CC(C)(C)c1ccc(S(=O)(=O)N2CCC3=C(C2)[C@H](COCCC#N)C2=CNN(c4ccc(F)cc4)C2=C3)cc1. The summed E-state index contributed by atoms with van der Waals surface area (Å²) in [7, 11) is -3.69. The van der Waals surface area contributed by atoms with Gasteiger partial charge in [0.2, 0.25) is 10.0 Å². The number of nitriles is 1. The van der Waals surface area contributed by atoms with E-state index in [9.17, 15) is 12.8 Å². The maximum Gasteiger partial charge on any atom is 0.243 e. The van der Waals surface area contributed by atoms with E-state index in [0.29, 0.717) is 26.2 Å². The summed E-state index contributed by atoms with van der Waals surface area (Å²) in [5, 5.41) is 10.8. The number of fused-ring (bicyclic) bond motifs is 1. The molecule has 2 aromatic carbocycles. The van der Waals surface area contributed by atoms with Crippen molar-refractivity contribution in [2.45, 2.75) is 43.9 Å². The molecule has 9 heteroatoms. The molecule has 39 heavy (non-hydrogen) atoms. The van der Waals surface area contributed by atoms with Crippen molar-refractivity contribution in [3.63, 3.8) is 0 Å². The smallest absolute Gasteiger partial charge is 0.243 e. The van der Waals surface area contributed by atoms with Crippen molar-refractivity contribution >= 4 is 15.7 Å². The summed E-state index contributed by atoms with van der Waals surface area (Å²) in [6.07, 6.45) is 4.84. The standard InChI is InChI=1S/C30H33FN4O3S/c1-30(2,3)22-5-11-25(12-6-22)39(36,37)34-15-13-21-17-29-26(28(27(21)19-34)20-38-16-4-14-32)18-33-35(29)24-9-7-23(31)8-10-24/h5-12,17-18,28,33H,4,13,15-16,19-20H2,1-3H3/t28-/m1/s1. The van der Waals surface area contributed by atoms with Crippen molar-refractivity contribution in [3.8, 4) is 6.07 Å². The molecule has 1 atom stereocenters. The Hall–Kier alpha value is -3.45. The van der Waals surface area contributed by atoms with E-state index in [1.807, 2.05) is 23.3 Å². The Bertz CT molecular complexity index is 1480. The molecule has 0 saturated carbocycles. The van der Waals surface area contributed by atoms with Gasteiger partial charge >= 0.3 is 0 Å². The summed E-state index contributed by atoms with van der Waals surface area (Å²) in [5.41, 5.74) is 9.08. The number of sulfonamides is 1. The highest BCUT2D eigenvalue weighted by atomic mass is 32.2. The van der Waals surface area contributed by atoms with Gasteiger partial charge in [-0.25, -0.2) is 12.8 Å². The van der Waals surface area contributed by atoms with Crippen LogP contribution in [-0.2, 0) is 20.2 Å². The van der Waals surface area contributed by atoms with Crippen LogP contribution in [0.1, 0.15) is 39.2 Å². The number of rotatable bonds is 7. The van der Waals surface area contributed by atoms with Gasteiger partial charge < -0.3 is 10.2 Å². The normalized spacial score (nSPS) is 19.6. The molecule has 2 aromatic rings. The summed E-state index contributed by atoms with van der Waals surface area (Å²) >= 11 is 0. The van der Waals surface area contributed by atoms with Crippen molar-refractivity contribution < 1.29 is 17.5 Å². The van der Waals surface area contributed by atoms with Crippen LogP contribution in [0.3, 0.4) is 0 Å². The first-order valence-corrected chi connectivity index (χ1v) is 14.5. The Balaban J connectivity index is 1.45. The molecule has 0 amide bonds. The van der Waals surface area contributed by atoms with Gasteiger partial charge in [0.15, 0.2) is 0 Å². The molecule has 0 fully saturated rings. The number of nitrogens with zero attached hydrogens (tertiary/aromatic N) is 3. The van der Waals surface area contributed by atoms with Gasteiger partial charge in [0.05, 0.1) is 42.0 Å². The highest BCUT2D eigenvalue weighted by molar-refractivity contribution is 7.89. The fourth-order valence-corrected chi connectivity index (χ4v) is 6.67. The number of nitrogens with one attached hydrogen (secondary N) is 1. The first kappa shape index (κ1) is 27.1. The predicted octanol–water partition coefficient (Wildman–Crippen LogP) is 5.17. The lowest BCUT2D eigenvalue weighted by Crippen LogP contribution is -2.41. The van der Waals surface area contributed by atoms with Crippen LogP contribution in [0.15, 0.2) is 88.1 Å². The van der Waals surface area contributed by atoms with Crippen LogP contribution in [0, 0.1) is 23.1 Å². The monoisotopic (exact) mass is 548 g/mol. The van der Waals surface area contributed by atoms with Gasteiger partial charge in [0.25, 0.3) is 0 Å². The van der Waals surface area contributed by atoms with Crippen molar-refractivity contribution in [3.05, 3.63) is 94.6 Å². The second kappa shape index (κ2) is 10.6. The fourth-order valence-electron chi connectivity index (χ4n) is 5.26. The molecule has 0 aromatic heterocycles. The topological polar surface area (TPSA) is 85.7 Å². The molecule has 1 aliphatic carbocycles. The van der Waals surface area contributed by atoms with Gasteiger partial charge in [0, 0.05) is 30.8 Å². The quantitative estimate of drug-likeness (QED) is 0.481. The summed E-state index contributed by atoms with van der Waals surface area (Å²) in [4.78, 5) is 0.289. The van der Waals surface area contributed by atoms with E-state index in [4.69, 9.17) is 10.00 Å². The van der Waals surface area contributed by atoms with Crippen LogP contribution in [-0.4, -0.2) is 39.0 Å². The largest absolute Gasteiger partial charge is 0.379 e. The minimum absolute atomic E-state index is 0.0666. The molecule has 0 saturated heterocycles. The fraction of sp³-hybridized carbons (Fsp3) is 0.367. The Morgan fingerprint density at radius 3 is 2.51 bits per heavy atom. The third-order valence-electron chi connectivity index (χ3n) is 7.47. The van der Waals surface area contributed by atoms with E-state index in [-0.39, 0.29) is 35.0 Å². The highest BCUT2D eigenvalue weighted by Gasteiger charge is 2.39. The van der Waals surface area contributed by atoms with Crippen LogP contribution in [0.5, 0.6) is 0 Å². The lowest BCUT2D eigenvalue weighted by Gasteiger charge is -2.37. The molecular formula is C30H33FN4O3S. The molecule has 0 unspecified atom stereocenters. The Labute approximate surface area is 229 Å². The van der Waals surface area contributed by atoms with E-state index in [1.165, 1.54) is 12.1 Å². The molecule has 2 heterocycles. The molecule has 0 spiro atoms. The number of anilines is 1. The van der Waals surface area contributed by atoms with Crippen molar-refractivity contribution in [2.24, 2.45) is 5.92 Å². The second-order valence-corrected chi connectivity index (χ2v) is 13.0. The van der Waals surface area contributed by atoms with Crippen LogP contribution in [0.2, 0.25) is 0 Å². The number of hydrazine groups is 1. The van der Waals surface area contributed by atoms with Crippen LogP contribution < -0.4 is 10.4 Å². The molecular weight excluding hydrogens is 515 g/mol. The van der Waals surface area contributed by atoms with Crippen LogP contribution >= 0.6 is 0 Å². The Morgan fingerprint density at radius 2 is 1.85 bits per heavy atom. The van der Waals surface area contributed by atoms with Gasteiger partial charge in [0.1, 0.15) is 5.82 Å².